The van der Waals surface area contributed by atoms with Gasteiger partial charge in [0.25, 0.3) is 0 Å². The number of aryl methyl sites for hydroxylation is 2. The van der Waals surface area contributed by atoms with E-state index in [1.807, 2.05) is 30.3 Å². The molecule has 0 radical (unpaired) electrons. The van der Waals surface area contributed by atoms with E-state index in [0.717, 1.165) is 44.6 Å². The van der Waals surface area contributed by atoms with Gasteiger partial charge < -0.3 is 10.1 Å². The Morgan fingerprint density at radius 1 is 0.971 bits per heavy atom. The second kappa shape index (κ2) is 10.7. The number of carbonyl (C=O) groups excluding carboxylic acids is 2. The Balaban J connectivity index is 1.55. The van der Waals surface area contributed by atoms with Crippen molar-refractivity contribution < 1.29 is 14.3 Å². The molecule has 178 valence electrons. The number of hydrogen-bond donors (Lipinski definition) is 1. The van der Waals surface area contributed by atoms with Crippen LogP contribution in [0.3, 0.4) is 0 Å². The lowest BCUT2D eigenvalue weighted by molar-refractivity contribution is -0.113. The molecule has 1 amide bonds. The molecule has 7 heteroatoms. The summed E-state index contributed by atoms with van der Waals surface area (Å²) in [5.74, 6) is 0.816. The summed E-state index contributed by atoms with van der Waals surface area (Å²) in [4.78, 5) is 33.9. The Morgan fingerprint density at radius 3 is 2.31 bits per heavy atom. The van der Waals surface area contributed by atoms with Crippen molar-refractivity contribution in [3.8, 4) is 5.75 Å². The predicted octanol–water partition coefficient (Wildman–Crippen LogP) is 6.44. The minimum absolute atomic E-state index is 0.0102. The molecule has 0 saturated carbocycles. The van der Waals surface area contributed by atoms with Gasteiger partial charge in [0, 0.05) is 23.2 Å². The van der Waals surface area contributed by atoms with Crippen LogP contribution in [0.4, 0.5) is 17.1 Å². The number of anilines is 1. The number of nitrogens with zero attached hydrogens (tertiary/aromatic N) is 2. The van der Waals surface area contributed by atoms with Gasteiger partial charge in [-0.1, -0.05) is 12.1 Å². The molecule has 0 saturated heterocycles. The minimum atomic E-state index is -0.141. The third-order valence-corrected chi connectivity index (χ3v) is 6.73. The van der Waals surface area contributed by atoms with E-state index >= 15 is 0 Å². The monoisotopic (exact) mass is 485 g/mol. The first-order chi connectivity index (χ1) is 16.8. The van der Waals surface area contributed by atoms with Crippen LogP contribution < -0.4 is 10.1 Å². The Hall–Kier alpha value is -3.71. The van der Waals surface area contributed by atoms with E-state index in [4.69, 9.17) is 14.7 Å². The highest BCUT2D eigenvalue weighted by atomic mass is 32.2. The Kier molecular flexibility index (Phi) is 7.46. The quantitative estimate of drug-likeness (QED) is 0.407. The molecule has 1 aliphatic rings. The SMILES string of the molecule is COc1cccc(C2=Nc3cc(C)c(C)cc3N=C(SCC(=O)Nc3ccc(C(C)=O)cc3)C2)c1. The van der Waals surface area contributed by atoms with Crippen LogP contribution in [0.15, 0.2) is 70.6 Å². The summed E-state index contributed by atoms with van der Waals surface area (Å²) in [5, 5.41) is 3.70. The first-order valence-corrected chi connectivity index (χ1v) is 12.3. The van der Waals surface area contributed by atoms with E-state index in [1.165, 1.54) is 18.7 Å². The zero-order valence-corrected chi connectivity index (χ0v) is 21.0. The third-order valence-electron chi connectivity index (χ3n) is 5.76. The average Bonchev–Trinajstić information content (AvgIpc) is 3.02. The fraction of sp³-hybridized carbons (Fsp3) is 0.214. The standard InChI is InChI=1S/C28H27N3O3S/c1-17-12-25-26(13-18(17)2)31-28(15-24(30-25)21-6-5-7-23(14-21)34-4)35-16-27(33)29-22-10-8-20(9-11-22)19(3)32/h5-14H,15-16H2,1-4H3,(H,29,33). The molecule has 0 fully saturated rings. The number of ether oxygens (including phenoxy) is 1. The van der Waals surface area contributed by atoms with Crippen LogP contribution in [0.2, 0.25) is 0 Å². The molecule has 0 bridgehead atoms. The molecular formula is C28H27N3O3S. The molecule has 3 aromatic carbocycles. The number of rotatable bonds is 6. The molecule has 1 aliphatic heterocycles. The lowest BCUT2D eigenvalue weighted by atomic mass is 10.1. The molecule has 6 nitrogen and oxygen atoms in total. The van der Waals surface area contributed by atoms with Crippen LogP contribution in [0.25, 0.3) is 0 Å². The molecule has 3 aromatic rings. The van der Waals surface area contributed by atoms with Crippen molar-refractivity contribution >= 4 is 51.3 Å². The normalized spacial score (nSPS) is 12.7. The minimum Gasteiger partial charge on any atom is -0.497 e. The molecule has 35 heavy (non-hydrogen) atoms. The number of carbonyl (C=O) groups is 2. The van der Waals surface area contributed by atoms with Crippen molar-refractivity contribution in [1.82, 2.24) is 0 Å². The number of ketones is 1. The van der Waals surface area contributed by atoms with Crippen molar-refractivity contribution in [2.24, 2.45) is 9.98 Å². The number of hydrogen-bond acceptors (Lipinski definition) is 6. The number of thioether (sulfide) groups is 1. The molecule has 0 unspecified atom stereocenters. The van der Waals surface area contributed by atoms with Crippen LogP contribution in [0.1, 0.15) is 40.4 Å². The van der Waals surface area contributed by atoms with Crippen molar-refractivity contribution in [2.75, 3.05) is 18.2 Å². The van der Waals surface area contributed by atoms with E-state index in [0.29, 0.717) is 17.7 Å². The van der Waals surface area contributed by atoms with Gasteiger partial charge in [-0.3, -0.25) is 14.6 Å². The van der Waals surface area contributed by atoms with Crippen LogP contribution in [0, 0.1) is 13.8 Å². The predicted molar refractivity (Wildman–Crippen MR) is 144 cm³/mol. The van der Waals surface area contributed by atoms with Gasteiger partial charge in [0.1, 0.15) is 5.75 Å². The van der Waals surface area contributed by atoms with Gasteiger partial charge >= 0.3 is 0 Å². The zero-order valence-electron chi connectivity index (χ0n) is 20.2. The number of benzene rings is 3. The largest absolute Gasteiger partial charge is 0.497 e. The maximum absolute atomic E-state index is 12.6. The average molecular weight is 486 g/mol. The molecule has 0 spiro atoms. The fourth-order valence-electron chi connectivity index (χ4n) is 3.65. The Bertz CT molecular complexity index is 1340. The van der Waals surface area contributed by atoms with E-state index in [9.17, 15) is 9.59 Å². The Morgan fingerprint density at radius 2 is 1.66 bits per heavy atom. The maximum Gasteiger partial charge on any atom is 0.234 e. The topological polar surface area (TPSA) is 80.1 Å². The van der Waals surface area contributed by atoms with Gasteiger partial charge in [-0.25, -0.2) is 4.99 Å². The summed E-state index contributed by atoms with van der Waals surface area (Å²) in [5.41, 5.74) is 7.00. The molecule has 1 N–H and O–H groups in total. The second-order valence-corrected chi connectivity index (χ2v) is 9.42. The van der Waals surface area contributed by atoms with Crippen molar-refractivity contribution in [2.45, 2.75) is 27.2 Å². The molecule has 1 heterocycles. The summed E-state index contributed by atoms with van der Waals surface area (Å²) in [6.45, 7) is 5.63. The number of amides is 1. The molecule has 4 rings (SSSR count). The molecule has 0 atom stereocenters. The molecule has 0 aromatic heterocycles. The smallest absolute Gasteiger partial charge is 0.234 e. The van der Waals surface area contributed by atoms with E-state index in [1.54, 1.807) is 31.4 Å². The number of Topliss-reactive ketones (excluding diaryl/α,β-unsaturated/α-hetero) is 1. The number of methoxy groups -OCH3 is 1. The van der Waals surface area contributed by atoms with Crippen molar-refractivity contribution in [3.05, 3.63) is 82.9 Å². The van der Waals surface area contributed by atoms with Crippen molar-refractivity contribution in [3.63, 3.8) is 0 Å². The summed E-state index contributed by atoms with van der Waals surface area (Å²) < 4.78 is 5.40. The van der Waals surface area contributed by atoms with Gasteiger partial charge in [-0.2, -0.15) is 0 Å². The highest BCUT2D eigenvalue weighted by molar-refractivity contribution is 8.14. The first-order valence-electron chi connectivity index (χ1n) is 11.3. The Labute approximate surface area is 209 Å². The van der Waals surface area contributed by atoms with Gasteiger partial charge in [-0.15, -0.1) is 11.8 Å². The summed E-state index contributed by atoms with van der Waals surface area (Å²) >= 11 is 1.40. The van der Waals surface area contributed by atoms with Gasteiger partial charge in [-0.05, 0) is 80.4 Å². The van der Waals surface area contributed by atoms with Crippen LogP contribution in [0.5, 0.6) is 5.75 Å². The zero-order chi connectivity index (χ0) is 24.9. The number of nitrogens with one attached hydrogen (secondary N) is 1. The second-order valence-electron chi connectivity index (χ2n) is 8.37. The maximum atomic E-state index is 12.6. The van der Waals surface area contributed by atoms with Gasteiger partial charge in [0.05, 0.1) is 35.0 Å². The van der Waals surface area contributed by atoms with E-state index in [2.05, 4.69) is 25.2 Å². The summed E-state index contributed by atoms with van der Waals surface area (Å²) in [6, 6.07) is 18.8. The summed E-state index contributed by atoms with van der Waals surface area (Å²) in [7, 11) is 1.64. The highest BCUT2D eigenvalue weighted by Gasteiger charge is 2.18. The fourth-order valence-corrected chi connectivity index (χ4v) is 4.43. The van der Waals surface area contributed by atoms with E-state index in [-0.39, 0.29) is 17.4 Å². The molecule has 0 aliphatic carbocycles. The van der Waals surface area contributed by atoms with Gasteiger partial charge in [0.2, 0.25) is 5.91 Å². The van der Waals surface area contributed by atoms with Gasteiger partial charge in [0.15, 0.2) is 5.78 Å². The van der Waals surface area contributed by atoms with Crippen LogP contribution in [-0.4, -0.2) is 35.3 Å². The first kappa shape index (κ1) is 24.4. The van der Waals surface area contributed by atoms with Crippen LogP contribution in [-0.2, 0) is 4.79 Å². The van der Waals surface area contributed by atoms with Crippen molar-refractivity contribution in [1.29, 1.82) is 0 Å². The van der Waals surface area contributed by atoms with E-state index < -0.39 is 0 Å². The number of aliphatic imine (C=N–C) groups is 2. The summed E-state index contributed by atoms with van der Waals surface area (Å²) in [6.07, 6.45) is 0.505. The third kappa shape index (κ3) is 6.05. The lowest BCUT2D eigenvalue weighted by Crippen LogP contribution is -2.16. The lowest BCUT2D eigenvalue weighted by Gasteiger charge is -2.09. The highest BCUT2D eigenvalue weighted by Crippen LogP contribution is 2.36. The molecular weight excluding hydrogens is 458 g/mol. The van der Waals surface area contributed by atoms with Crippen LogP contribution >= 0.6 is 11.8 Å². The number of fused-ring (bicyclic) bond motifs is 1.